The Morgan fingerprint density at radius 3 is 2.62 bits per heavy atom. The van der Waals surface area contributed by atoms with Crippen LogP contribution in [0.5, 0.6) is 0 Å². The Kier molecular flexibility index (Phi) is 6.61. The molecule has 1 aliphatic heterocycles. The average Bonchev–Trinajstić information content (AvgIpc) is 3.08. The van der Waals surface area contributed by atoms with Crippen LogP contribution >= 0.6 is 11.3 Å². The Labute approximate surface area is 195 Å². The van der Waals surface area contributed by atoms with Crippen molar-refractivity contribution in [2.45, 2.75) is 64.0 Å². The fraction of sp³-hybridized carbons (Fsp3) is 0.464. The third kappa shape index (κ3) is 4.92. The van der Waals surface area contributed by atoms with Crippen molar-refractivity contribution in [2.24, 2.45) is 11.8 Å². The summed E-state index contributed by atoms with van der Waals surface area (Å²) in [4.78, 5) is 13.8. The highest BCUT2D eigenvalue weighted by atomic mass is 32.1. The predicted octanol–water partition coefficient (Wildman–Crippen LogP) is 5.51. The second-order valence-electron chi connectivity index (χ2n) is 9.75. The number of rotatable bonds is 5. The summed E-state index contributed by atoms with van der Waals surface area (Å²) in [6, 6.07) is 20.4. The van der Waals surface area contributed by atoms with Crippen molar-refractivity contribution < 1.29 is 4.79 Å². The van der Waals surface area contributed by atoms with E-state index in [0.717, 1.165) is 43.0 Å². The highest BCUT2D eigenvalue weighted by molar-refractivity contribution is 7.19. The van der Waals surface area contributed by atoms with E-state index < -0.39 is 0 Å². The van der Waals surface area contributed by atoms with E-state index in [1.54, 1.807) is 11.3 Å². The van der Waals surface area contributed by atoms with Gasteiger partial charge in [0.25, 0.3) is 0 Å². The van der Waals surface area contributed by atoms with Crippen LogP contribution in [0.3, 0.4) is 0 Å². The largest absolute Gasteiger partial charge is 0.353 e. The van der Waals surface area contributed by atoms with Crippen molar-refractivity contribution in [3.8, 4) is 0 Å². The molecule has 2 aromatic carbocycles. The smallest absolute Gasteiger partial charge is 0.225 e. The van der Waals surface area contributed by atoms with E-state index in [-0.39, 0.29) is 5.91 Å². The molecule has 1 saturated carbocycles. The van der Waals surface area contributed by atoms with Gasteiger partial charge in [0, 0.05) is 21.7 Å². The number of carbonyl (C=O) groups is 1. The highest BCUT2D eigenvalue weighted by Crippen LogP contribution is 2.34. The quantitative estimate of drug-likeness (QED) is 0.542. The van der Waals surface area contributed by atoms with E-state index in [1.165, 1.54) is 34.1 Å². The van der Waals surface area contributed by atoms with Crippen molar-refractivity contribution in [1.82, 2.24) is 10.6 Å². The maximum Gasteiger partial charge on any atom is 0.225 e. The third-order valence-corrected chi connectivity index (χ3v) is 8.80. The number of benzene rings is 2. The molecule has 168 valence electrons. The van der Waals surface area contributed by atoms with Crippen LogP contribution in [0.4, 0.5) is 0 Å². The predicted molar refractivity (Wildman–Crippen MR) is 134 cm³/mol. The van der Waals surface area contributed by atoms with Crippen molar-refractivity contribution >= 4 is 27.3 Å². The van der Waals surface area contributed by atoms with E-state index in [0.29, 0.717) is 24.4 Å². The molecule has 1 fully saturated rings. The van der Waals surface area contributed by atoms with Gasteiger partial charge in [-0.2, -0.15) is 0 Å². The normalized spacial score (nSPS) is 24.5. The molecule has 0 radical (unpaired) electrons. The summed E-state index contributed by atoms with van der Waals surface area (Å²) in [5.41, 5.74) is 3.04. The summed E-state index contributed by atoms with van der Waals surface area (Å²) < 4.78 is 1.26. The molecule has 1 amide bonds. The van der Waals surface area contributed by atoms with Crippen molar-refractivity contribution in [3.05, 3.63) is 70.6 Å². The Morgan fingerprint density at radius 1 is 1.06 bits per heavy atom. The van der Waals surface area contributed by atoms with Crippen molar-refractivity contribution in [3.63, 3.8) is 0 Å². The second kappa shape index (κ2) is 9.76. The minimum atomic E-state index is 0.176. The molecule has 3 aromatic rings. The van der Waals surface area contributed by atoms with Gasteiger partial charge < -0.3 is 10.6 Å². The summed E-state index contributed by atoms with van der Waals surface area (Å²) >= 11 is 1.74. The van der Waals surface area contributed by atoms with Crippen molar-refractivity contribution in [2.75, 3.05) is 6.54 Å². The summed E-state index contributed by atoms with van der Waals surface area (Å²) in [6.07, 6.45) is 7.43. The molecule has 0 saturated heterocycles. The average molecular weight is 447 g/mol. The van der Waals surface area contributed by atoms with Crippen LogP contribution in [0.2, 0.25) is 0 Å². The molecule has 1 aliphatic carbocycles. The van der Waals surface area contributed by atoms with Crippen LogP contribution in [0, 0.1) is 11.8 Å². The van der Waals surface area contributed by atoms with E-state index in [9.17, 15) is 4.79 Å². The lowest BCUT2D eigenvalue weighted by Gasteiger charge is -2.36. The van der Waals surface area contributed by atoms with Gasteiger partial charge in [-0.05, 0) is 85.6 Å². The molecule has 3 nitrogen and oxygen atoms in total. The lowest BCUT2D eigenvalue weighted by molar-refractivity contribution is -0.121. The van der Waals surface area contributed by atoms with Crippen LogP contribution in [0.1, 0.15) is 48.6 Å². The molecular weight excluding hydrogens is 412 g/mol. The monoisotopic (exact) mass is 446 g/mol. The molecule has 2 atom stereocenters. The standard InChI is InChI=1S/C28H34N2OS/c1-19(26-17-22-7-3-2-6-21(22)14-15-29-26)20-10-12-24(13-11-20)30-28(31)18-25-16-23-8-4-5-9-27(23)32-25/h2-9,16,19-20,24,26,29H,10-15,17-18H2,1H3,(H,30,31). The van der Waals surface area contributed by atoms with E-state index in [4.69, 9.17) is 0 Å². The first-order valence-corrected chi connectivity index (χ1v) is 13.0. The molecule has 2 aliphatic rings. The van der Waals surface area contributed by atoms with Crippen LogP contribution < -0.4 is 10.6 Å². The van der Waals surface area contributed by atoms with E-state index in [1.807, 2.05) is 0 Å². The molecule has 2 heterocycles. The van der Waals surface area contributed by atoms with Gasteiger partial charge in [0.05, 0.1) is 6.42 Å². The zero-order chi connectivity index (χ0) is 21.9. The highest BCUT2D eigenvalue weighted by Gasteiger charge is 2.31. The second-order valence-corrected chi connectivity index (χ2v) is 10.9. The van der Waals surface area contributed by atoms with Gasteiger partial charge in [-0.25, -0.2) is 0 Å². The minimum Gasteiger partial charge on any atom is -0.353 e. The van der Waals surface area contributed by atoms with Gasteiger partial charge in [-0.15, -0.1) is 11.3 Å². The number of thiophene rings is 1. The Balaban J connectivity index is 1.12. The van der Waals surface area contributed by atoms with Crippen LogP contribution in [0.25, 0.3) is 10.1 Å². The third-order valence-electron chi connectivity index (χ3n) is 7.69. The summed E-state index contributed by atoms with van der Waals surface area (Å²) in [5.74, 6) is 1.58. The summed E-state index contributed by atoms with van der Waals surface area (Å²) in [7, 11) is 0. The molecule has 2 N–H and O–H groups in total. The van der Waals surface area contributed by atoms with Gasteiger partial charge in [0.15, 0.2) is 0 Å². The molecule has 4 heteroatoms. The fourth-order valence-electron chi connectivity index (χ4n) is 5.75. The van der Waals surface area contributed by atoms with Gasteiger partial charge >= 0.3 is 0 Å². The van der Waals surface area contributed by atoms with Crippen LogP contribution in [-0.2, 0) is 24.1 Å². The van der Waals surface area contributed by atoms with E-state index in [2.05, 4.69) is 72.2 Å². The van der Waals surface area contributed by atoms with Crippen LogP contribution in [0.15, 0.2) is 54.6 Å². The molecule has 32 heavy (non-hydrogen) atoms. The van der Waals surface area contributed by atoms with Gasteiger partial charge in [-0.3, -0.25) is 4.79 Å². The minimum absolute atomic E-state index is 0.176. The lowest BCUT2D eigenvalue weighted by Crippen LogP contribution is -2.43. The fourth-order valence-corrected chi connectivity index (χ4v) is 6.82. The SMILES string of the molecule is CC(C1CCC(NC(=O)Cc2cc3ccccc3s2)CC1)C1Cc2ccccc2CCN1. The number of nitrogens with one attached hydrogen (secondary N) is 2. The molecule has 5 rings (SSSR count). The zero-order valence-corrected chi connectivity index (χ0v) is 19.8. The number of hydrogen-bond acceptors (Lipinski definition) is 3. The topological polar surface area (TPSA) is 41.1 Å². The van der Waals surface area contributed by atoms with E-state index >= 15 is 0 Å². The molecular formula is C28H34N2OS. The number of hydrogen-bond donors (Lipinski definition) is 2. The first-order chi connectivity index (χ1) is 15.7. The maximum absolute atomic E-state index is 12.7. The molecule has 1 aromatic heterocycles. The lowest BCUT2D eigenvalue weighted by atomic mass is 9.75. The molecule has 0 spiro atoms. The first kappa shape index (κ1) is 21.7. The zero-order valence-electron chi connectivity index (χ0n) is 19.0. The number of carbonyl (C=O) groups excluding carboxylic acids is 1. The summed E-state index contributed by atoms with van der Waals surface area (Å²) in [6.45, 7) is 3.52. The number of amides is 1. The number of fused-ring (bicyclic) bond motifs is 2. The van der Waals surface area contributed by atoms with Crippen LogP contribution in [-0.4, -0.2) is 24.5 Å². The van der Waals surface area contributed by atoms with Gasteiger partial charge in [-0.1, -0.05) is 49.4 Å². The molecule has 0 bridgehead atoms. The van der Waals surface area contributed by atoms with Gasteiger partial charge in [0.2, 0.25) is 5.91 Å². The van der Waals surface area contributed by atoms with Gasteiger partial charge in [0.1, 0.15) is 0 Å². The Hall–Kier alpha value is -2.17. The molecule has 2 unspecified atom stereocenters. The summed E-state index contributed by atoms with van der Waals surface area (Å²) in [5, 5.41) is 8.40. The maximum atomic E-state index is 12.7. The van der Waals surface area contributed by atoms with Crippen molar-refractivity contribution in [1.29, 1.82) is 0 Å². The Bertz CT molecular complexity index is 1030. The Morgan fingerprint density at radius 2 is 1.81 bits per heavy atom. The first-order valence-electron chi connectivity index (χ1n) is 12.2.